The van der Waals surface area contributed by atoms with Crippen LogP contribution < -0.4 is 4.74 Å². The van der Waals surface area contributed by atoms with Crippen LogP contribution in [-0.2, 0) is 0 Å². The van der Waals surface area contributed by atoms with E-state index in [0.29, 0.717) is 27.8 Å². The van der Waals surface area contributed by atoms with Gasteiger partial charge in [-0.25, -0.2) is 0 Å². The van der Waals surface area contributed by atoms with Crippen molar-refractivity contribution in [1.29, 1.82) is 0 Å². The smallest absolute Gasteiger partial charge is 0.162 e. The molecule has 2 nitrogen and oxygen atoms in total. The van der Waals surface area contributed by atoms with Crippen LogP contribution in [0, 0.1) is 0 Å². The largest absolute Gasteiger partial charge is 0.494 e. The molecular formula is C11H12Cl2O2. The molecule has 0 aliphatic carbocycles. The molecule has 0 aliphatic rings. The Morgan fingerprint density at radius 3 is 2.27 bits per heavy atom. The molecule has 0 fully saturated rings. The van der Waals surface area contributed by atoms with Crippen molar-refractivity contribution in [2.45, 2.75) is 19.8 Å². The molecule has 1 aromatic rings. The van der Waals surface area contributed by atoms with E-state index >= 15 is 0 Å². The molecule has 0 saturated heterocycles. The highest BCUT2D eigenvalue weighted by Crippen LogP contribution is 2.34. The summed E-state index contributed by atoms with van der Waals surface area (Å²) in [5.41, 5.74) is 0.535. The third kappa shape index (κ3) is 2.86. The number of carbonyl (C=O) groups is 1. The Morgan fingerprint density at radius 1 is 1.33 bits per heavy atom. The Balaban J connectivity index is 3.08. The number of carbonyl (C=O) groups excluding carboxylic acids is 1. The second-order valence-electron chi connectivity index (χ2n) is 3.15. The first-order valence-corrected chi connectivity index (χ1v) is 5.42. The van der Waals surface area contributed by atoms with Crippen LogP contribution in [0.1, 0.15) is 30.1 Å². The van der Waals surface area contributed by atoms with E-state index in [2.05, 4.69) is 0 Å². The van der Waals surface area contributed by atoms with E-state index in [9.17, 15) is 4.79 Å². The topological polar surface area (TPSA) is 26.3 Å². The van der Waals surface area contributed by atoms with Crippen molar-refractivity contribution in [1.82, 2.24) is 0 Å². The second kappa shape index (κ2) is 5.38. The minimum absolute atomic E-state index is 0.0453. The molecule has 0 aromatic heterocycles. The lowest BCUT2D eigenvalue weighted by Gasteiger charge is -2.07. The number of benzene rings is 1. The lowest BCUT2D eigenvalue weighted by Crippen LogP contribution is -1.99. The monoisotopic (exact) mass is 246 g/mol. The second-order valence-corrected chi connectivity index (χ2v) is 3.96. The quantitative estimate of drug-likeness (QED) is 0.752. The van der Waals surface area contributed by atoms with Gasteiger partial charge >= 0.3 is 0 Å². The number of rotatable bonds is 4. The van der Waals surface area contributed by atoms with Gasteiger partial charge in [0.2, 0.25) is 0 Å². The van der Waals surface area contributed by atoms with Gasteiger partial charge in [0.1, 0.15) is 0 Å². The van der Waals surface area contributed by atoms with E-state index in [1.54, 1.807) is 12.1 Å². The SMILES string of the molecule is CCCC(=O)c1cc(Cl)c(OC)c(Cl)c1. The summed E-state index contributed by atoms with van der Waals surface area (Å²) in [5, 5.41) is 0.730. The molecule has 4 heteroatoms. The van der Waals surface area contributed by atoms with Gasteiger partial charge in [-0.15, -0.1) is 0 Å². The zero-order chi connectivity index (χ0) is 11.4. The summed E-state index contributed by atoms with van der Waals surface area (Å²) in [7, 11) is 1.49. The van der Waals surface area contributed by atoms with Crippen molar-refractivity contribution in [2.24, 2.45) is 0 Å². The standard InChI is InChI=1S/C11H12Cl2O2/c1-3-4-10(14)7-5-8(12)11(15-2)9(13)6-7/h5-6H,3-4H2,1-2H3. The van der Waals surface area contributed by atoms with Crippen molar-refractivity contribution < 1.29 is 9.53 Å². The maximum absolute atomic E-state index is 11.6. The van der Waals surface area contributed by atoms with Crippen molar-refractivity contribution in [2.75, 3.05) is 7.11 Å². The van der Waals surface area contributed by atoms with E-state index in [-0.39, 0.29) is 5.78 Å². The van der Waals surface area contributed by atoms with Crippen LogP contribution in [0.15, 0.2) is 12.1 Å². The van der Waals surface area contributed by atoms with Gasteiger partial charge in [0.15, 0.2) is 11.5 Å². The molecule has 0 unspecified atom stereocenters. The number of methoxy groups -OCH3 is 1. The van der Waals surface area contributed by atoms with Crippen LogP contribution in [0.3, 0.4) is 0 Å². The summed E-state index contributed by atoms with van der Waals surface area (Å²) in [4.78, 5) is 11.6. The third-order valence-corrected chi connectivity index (χ3v) is 2.56. The maximum atomic E-state index is 11.6. The fourth-order valence-corrected chi connectivity index (χ4v) is 1.93. The molecule has 0 N–H and O–H groups in total. The highest BCUT2D eigenvalue weighted by atomic mass is 35.5. The summed E-state index contributed by atoms with van der Waals surface area (Å²) in [6.45, 7) is 1.95. The summed E-state index contributed by atoms with van der Waals surface area (Å²) >= 11 is 11.8. The minimum Gasteiger partial charge on any atom is -0.494 e. The van der Waals surface area contributed by atoms with E-state index in [4.69, 9.17) is 27.9 Å². The average molecular weight is 247 g/mol. The van der Waals surface area contributed by atoms with Crippen LogP contribution in [0.2, 0.25) is 10.0 Å². The molecule has 0 saturated carbocycles. The number of hydrogen-bond donors (Lipinski definition) is 0. The highest BCUT2D eigenvalue weighted by molar-refractivity contribution is 6.37. The molecule has 0 spiro atoms. The van der Waals surface area contributed by atoms with Crippen LogP contribution in [0.5, 0.6) is 5.75 Å². The van der Waals surface area contributed by atoms with Crippen LogP contribution in [0.4, 0.5) is 0 Å². The fraction of sp³-hybridized carbons (Fsp3) is 0.364. The zero-order valence-corrected chi connectivity index (χ0v) is 10.2. The maximum Gasteiger partial charge on any atom is 0.162 e. The number of Topliss-reactive ketones (excluding diaryl/α,β-unsaturated/α-hetero) is 1. The average Bonchev–Trinajstić information content (AvgIpc) is 2.17. The molecule has 82 valence electrons. The number of hydrogen-bond acceptors (Lipinski definition) is 2. The Morgan fingerprint density at radius 2 is 1.87 bits per heavy atom. The van der Waals surface area contributed by atoms with Crippen molar-refractivity contribution in [3.63, 3.8) is 0 Å². The molecule has 0 radical (unpaired) electrons. The summed E-state index contributed by atoms with van der Waals surface area (Å²) in [5.74, 6) is 0.454. The third-order valence-electron chi connectivity index (χ3n) is 2.00. The van der Waals surface area contributed by atoms with Gasteiger partial charge in [0, 0.05) is 12.0 Å². The predicted molar refractivity (Wildman–Crippen MR) is 62.3 cm³/mol. The van der Waals surface area contributed by atoms with Gasteiger partial charge in [-0.3, -0.25) is 4.79 Å². The van der Waals surface area contributed by atoms with E-state index < -0.39 is 0 Å². The molecular weight excluding hydrogens is 235 g/mol. The summed E-state index contributed by atoms with van der Waals surface area (Å²) < 4.78 is 5.00. The predicted octanol–water partition coefficient (Wildman–Crippen LogP) is 3.98. The number of halogens is 2. The molecule has 0 bridgehead atoms. The Bertz CT molecular complexity index is 352. The minimum atomic E-state index is 0.0453. The van der Waals surface area contributed by atoms with Gasteiger partial charge < -0.3 is 4.74 Å². The first kappa shape index (κ1) is 12.3. The first-order chi connectivity index (χ1) is 7.10. The highest BCUT2D eigenvalue weighted by Gasteiger charge is 2.12. The normalized spacial score (nSPS) is 10.1. The molecule has 0 atom stereocenters. The first-order valence-electron chi connectivity index (χ1n) is 4.66. The molecule has 1 rings (SSSR count). The van der Waals surface area contributed by atoms with Gasteiger partial charge in [0.05, 0.1) is 17.2 Å². The Kier molecular flexibility index (Phi) is 4.43. The lowest BCUT2D eigenvalue weighted by molar-refractivity contribution is 0.0981. The van der Waals surface area contributed by atoms with Crippen molar-refractivity contribution in [3.8, 4) is 5.75 Å². The van der Waals surface area contributed by atoms with E-state index in [1.807, 2.05) is 6.92 Å². The van der Waals surface area contributed by atoms with Crippen LogP contribution in [0.25, 0.3) is 0 Å². The lowest BCUT2D eigenvalue weighted by atomic mass is 10.1. The number of ether oxygens (including phenoxy) is 1. The van der Waals surface area contributed by atoms with E-state index in [0.717, 1.165) is 6.42 Å². The van der Waals surface area contributed by atoms with Crippen molar-refractivity contribution >= 4 is 29.0 Å². The number of ketones is 1. The van der Waals surface area contributed by atoms with Crippen molar-refractivity contribution in [3.05, 3.63) is 27.7 Å². The fourth-order valence-electron chi connectivity index (χ4n) is 1.29. The Hall–Kier alpha value is -0.730. The Labute approximate surface area is 99.1 Å². The summed E-state index contributed by atoms with van der Waals surface area (Å²) in [6.07, 6.45) is 1.30. The molecule has 0 heterocycles. The molecule has 0 amide bonds. The zero-order valence-electron chi connectivity index (χ0n) is 8.64. The van der Waals surface area contributed by atoms with E-state index in [1.165, 1.54) is 7.11 Å². The van der Waals surface area contributed by atoms with Gasteiger partial charge in [-0.2, -0.15) is 0 Å². The van der Waals surface area contributed by atoms with Crippen LogP contribution in [-0.4, -0.2) is 12.9 Å². The van der Waals surface area contributed by atoms with Gasteiger partial charge in [0.25, 0.3) is 0 Å². The van der Waals surface area contributed by atoms with Crippen LogP contribution >= 0.6 is 23.2 Å². The molecule has 0 aliphatic heterocycles. The van der Waals surface area contributed by atoms with Gasteiger partial charge in [-0.05, 0) is 18.6 Å². The molecule has 1 aromatic carbocycles. The molecule has 15 heavy (non-hydrogen) atoms. The summed E-state index contributed by atoms with van der Waals surface area (Å²) in [6, 6.07) is 3.18. The van der Waals surface area contributed by atoms with Gasteiger partial charge in [-0.1, -0.05) is 30.1 Å².